The molecule has 0 spiro atoms. The van der Waals surface area contributed by atoms with Gasteiger partial charge in [-0.2, -0.15) is 0 Å². The predicted molar refractivity (Wildman–Crippen MR) is 73.8 cm³/mol. The molecule has 1 unspecified atom stereocenters. The molecule has 90 valence electrons. The number of imidazole rings is 1. The van der Waals surface area contributed by atoms with Crippen molar-refractivity contribution in [3.8, 4) is 11.3 Å². The van der Waals surface area contributed by atoms with Gasteiger partial charge in [-0.1, -0.05) is 41.1 Å². The Balaban J connectivity index is 2.33. The van der Waals surface area contributed by atoms with Crippen molar-refractivity contribution >= 4 is 15.9 Å². The van der Waals surface area contributed by atoms with Gasteiger partial charge in [0, 0.05) is 22.5 Å². The van der Waals surface area contributed by atoms with Crippen molar-refractivity contribution in [3.05, 3.63) is 40.8 Å². The normalized spacial score (nSPS) is 12.6. The summed E-state index contributed by atoms with van der Waals surface area (Å²) in [6, 6.07) is 8.10. The van der Waals surface area contributed by atoms with E-state index in [0.29, 0.717) is 12.5 Å². The molecule has 0 amide bonds. The zero-order chi connectivity index (χ0) is 12.3. The number of hydrogen-bond acceptors (Lipinski definition) is 2. The van der Waals surface area contributed by atoms with Crippen LogP contribution in [0.5, 0.6) is 0 Å². The van der Waals surface area contributed by atoms with Crippen LogP contribution in [-0.4, -0.2) is 16.5 Å². The molecule has 1 atom stereocenters. The van der Waals surface area contributed by atoms with E-state index in [1.165, 1.54) is 0 Å². The number of nitrogens with zero attached hydrogens (tertiary/aromatic N) is 1. The molecule has 0 bridgehead atoms. The van der Waals surface area contributed by atoms with Gasteiger partial charge in [0.2, 0.25) is 0 Å². The highest BCUT2D eigenvalue weighted by Crippen LogP contribution is 2.27. The molecule has 0 saturated heterocycles. The van der Waals surface area contributed by atoms with E-state index in [4.69, 9.17) is 5.73 Å². The molecule has 0 aliphatic rings. The van der Waals surface area contributed by atoms with Gasteiger partial charge >= 0.3 is 0 Å². The summed E-state index contributed by atoms with van der Waals surface area (Å²) in [5.74, 6) is 1.28. The summed E-state index contributed by atoms with van der Waals surface area (Å²) in [5.41, 5.74) is 7.87. The molecule has 3 N–H and O–H groups in total. The molecule has 0 saturated carbocycles. The van der Waals surface area contributed by atoms with Gasteiger partial charge in [0.15, 0.2) is 0 Å². The molecular formula is C13H16BrN3. The number of nitrogens with one attached hydrogen (secondary N) is 1. The van der Waals surface area contributed by atoms with Gasteiger partial charge in [-0.15, -0.1) is 0 Å². The number of aromatic nitrogens is 2. The lowest BCUT2D eigenvalue weighted by Crippen LogP contribution is -2.12. The Bertz CT molecular complexity index is 489. The van der Waals surface area contributed by atoms with Crippen LogP contribution in [-0.2, 0) is 0 Å². The predicted octanol–water partition coefficient (Wildman–Crippen LogP) is 3.29. The molecule has 1 aromatic carbocycles. The summed E-state index contributed by atoms with van der Waals surface area (Å²) in [6.45, 7) is 2.75. The van der Waals surface area contributed by atoms with Crippen molar-refractivity contribution in [2.24, 2.45) is 5.73 Å². The van der Waals surface area contributed by atoms with Gasteiger partial charge < -0.3 is 10.7 Å². The fourth-order valence-corrected chi connectivity index (χ4v) is 2.33. The number of H-pyrrole nitrogens is 1. The summed E-state index contributed by atoms with van der Waals surface area (Å²) < 4.78 is 1.07. The zero-order valence-electron chi connectivity index (χ0n) is 9.78. The highest BCUT2D eigenvalue weighted by atomic mass is 79.9. The van der Waals surface area contributed by atoms with E-state index in [1.54, 1.807) is 0 Å². The molecule has 0 radical (unpaired) electrons. The molecule has 2 rings (SSSR count). The fourth-order valence-electron chi connectivity index (χ4n) is 1.83. The summed E-state index contributed by atoms with van der Waals surface area (Å²) in [6.07, 6.45) is 2.87. The number of benzene rings is 1. The molecule has 0 fully saturated rings. The molecule has 4 heteroatoms. The lowest BCUT2D eigenvalue weighted by Gasteiger charge is -2.08. The molecule has 1 heterocycles. The Morgan fingerprint density at radius 3 is 2.82 bits per heavy atom. The minimum Gasteiger partial charge on any atom is -0.342 e. The number of halogens is 1. The fraction of sp³-hybridized carbons (Fsp3) is 0.308. The second kappa shape index (κ2) is 5.47. The molecule has 1 aromatic heterocycles. The number of nitrogens with two attached hydrogens (primary N) is 1. The van der Waals surface area contributed by atoms with Crippen molar-refractivity contribution in [3.63, 3.8) is 0 Å². The lowest BCUT2D eigenvalue weighted by atomic mass is 10.1. The smallest absolute Gasteiger partial charge is 0.110 e. The van der Waals surface area contributed by atoms with E-state index >= 15 is 0 Å². The Kier molecular flexibility index (Phi) is 3.97. The van der Waals surface area contributed by atoms with Crippen LogP contribution in [0.2, 0.25) is 0 Å². The third-order valence-corrected chi connectivity index (χ3v) is 3.62. The summed E-state index contributed by atoms with van der Waals surface area (Å²) in [4.78, 5) is 7.77. The zero-order valence-corrected chi connectivity index (χ0v) is 11.4. The minimum absolute atomic E-state index is 0.311. The standard InChI is InChI=1S/C13H16BrN3/c1-2-9(7-15)13-16-8-12(17-13)10-5-3-4-6-11(10)14/h3-6,8-9H,2,7,15H2,1H3,(H,16,17). The van der Waals surface area contributed by atoms with Crippen LogP contribution in [0.25, 0.3) is 11.3 Å². The minimum atomic E-state index is 0.311. The van der Waals surface area contributed by atoms with Crippen LogP contribution in [0.15, 0.2) is 34.9 Å². The Labute approximate surface area is 110 Å². The van der Waals surface area contributed by atoms with Crippen LogP contribution in [0.3, 0.4) is 0 Å². The first-order valence-electron chi connectivity index (χ1n) is 5.76. The Morgan fingerprint density at radius 2 is 2.18 bits per heavy atom. The van der Waals surface area contributed by atoms with Gasteiger partial charge in [0.25, 0.3) is 0 Å². The highest BCUT2D eigenvalue weighted by molar-refractivity contribution is 9.10. The summed E-state index contributed by atoms with van der Waals surface area (Å²) in [7, 11) is 0. The molecule has 17 heavy (non-hydrogen) atoms. The average molecular weight is 294 g/mol. The van der Waals surface area contributed by atoms with E-state index in [0.717, 1.165) is 28.0 Å². The topological polar surface area (TPSA) is 54.7 Å². The second-order valence-corrected chi connectivity index (χ2v) is 4.86. The molecule has 0 aliphatic carbocycles. The SMILES string of the molecule is CCC(CN)c1ncc(-c2ccccc2Br)[nH]1. The van der Waals surface area contributed by atoms with E-state index in [-0.39, 0.29) is 0 Å². The van der Waals surface area contributed by atoms with Gasteiger partial charge in [-0.3, -0.25) is 0 Å². The second-order valence-electron chi connectivity index (χ2n) is 4.00. The third-order valence-electron chi connectivity index (χ3n) is 2.92. The average Bonchev–Trinajstić information content (AvgIpc) is 2.81. The first-order chi connectivity index (χ1) is 8.26. The van der Waals surface area contributed by atoms with E-state index in [9.17, 15) is 0 Å². The maximum absolute atomic E-state index is 5.72. The van der Waals surface area contributed by atoms with E-state index < -0.39 is 0 Å². The quantitative estimate of drug-likeness (QED) is 0.909. The van der Waals surface area contributed by atoms with Crippen LogP contribution < -0.4 is 5.73 Å². The Hall–Kier alpha value is -1.13. The lowest BCUT2D eigenvalue weighted by molar-refractivity contribution is 0.639. The van der Waals surface area contributed by atoms with Crippen LogP contribution >= 0.6 is 15.9 Å². The molecular weight excluding hydrogens is 278 g/mol. The highest BCUT2D eigenvalue weighted by Gasteiger charge is 2.12. The third kappa shape index (κ3) is 2.58. The van der Waals surface area contributed by atoms with Crippen molar-refractivity contribution in [2.45, 2.75) is 19.3 Å². The maximum Gasteiger partial charge on any atom is 0.110 e. The van der Waals surface area contributed by atoms with Gasteiger partial charge in [-0.05, 0) is 12.5 Å². The number of aromatic amines is 1. The number of hydrogen-bond donors (Lipinski definition) is 2. The molecule has 3 nitrogen and oxygen atoms in total. The van der Waals surface area contributed by atoms with Gasteiger partial charge in [0.05, 0.1) is 11.9 Å². The van der Waals surface area contributed by atoms with Crippen molar-refractivity contribution in [2.75, 3.05) is 6.54 Å². The first kappa shape index (κ1) is 12.3. The Morgan fingerprint density at radius 1 is 1.41 bits per heavy atom. The number of rotatable bonds is 4. The van der Waals surface area contributed by atoms with Gasteiger partial charge in [0.1, 0.15) is 5.82 Å². The van der Waals surface area contributed by atoms with E-state index in [1.807, 2.05) is 24.4 Å². The maximum atomic E-state index is 5.72. The molecule has 0 aliphatic heterocycles. The molecule has 2 aromatic rings. The monoisotopic (exact) mass is 293 g/mol. The van der Waals surface area contributed by atoms with Crippen molar-refractivity contribution in [1.82, 2.24) is 9.97 Å². The summed E-state index contributed by atoms with van der Waals surface area (Å²) >= 11 is 3.54. The van der Waals surface area contributed by atoms with Crippen LogP contribution in [0.4, 0.5) is 0 Å². The van der Waals surface area contributed by atoms with Crippen LogP contribution in [0, 0.1) is 0 Å². The van der Waals surface area contributed by atoms with Crippen molar-refractivity contribution < 1.29 is 0 Å². The first-order valence-corrected chi connectivity index (χ1v) is 6.55. The summed E-state index contributed by atoms with van der Waals surface area (Å²) in [5, 5.41) is 0. The van der Waals surface area contributed by atoms with Crippen molar-refractivity contribution in [1.29, 1.82) is 0 Å². The largest absolute Gasteiger partial charge is 0.342 e. The van der Waals surface area contributed by atoms with E-state index in [2.05, 4.69) is 38.9 Å². The van der Waals surface area contributed by atoms with Gasteiger partial charge in [-0.25, -0.2) is 4.98 Å². The van der Waals surface area contributed by atoms with Crippen LogP contribution in [0.1, 0.15) is 25.1 Å².